The van der Waals surface area contributed by atoms with Crippen LogP contribution in [0, 0.1) is 6.92 Å². The number of carbonyl (C=O) groups excluding carboxylic acids is 3. The number of hydrogen-bond donors (Lipinski definition) is 3. The smallest absolute Gasteiger partial charge is 0.194 e. The van der Waals surface area contributed by atoms with Crippen LogP contribution < -0.4 is 10.1 Å². The highest BCUT2D eigenvalue weighted by atomic mass is 16.5. The standard InChI is InChI=1S/C23H27NO6/c1-6-7-8-9-24-12(3)16-14(26)10-15-23(5,22(16)29)18-20(28)11(2)19(27)17(13(4)25)21(18)30-15/h10,24,27-28H,6-9H2,1-5H3/b16-12+/t23-/m0/s1. The van der Waals surface area contributed by atoms with Crippen molar-refractivity contribution < 1.29 is 29.3 Å². The van der Waals surface area contributed by atoms with Crippen molar-refractivity contribution in [3.05, 3.63) is 39.8 Å². The second kappa shape index (κ2) is 7.63. The summed E-state index contributed by atoms with van der Waals surface area (Å²) in [5, 5.41) is 24.3. The van der Waals surface area contributed by atoms with Crippen LogP contribution in [0.3, 0.4) is 0 Å². The predicted octanol–water partition coefficient (Wildman–Crippen LogP) is 3.35. The number of carbonyl (C=O) groups is 3. The summed E-state index contributed by atoms with van der Waals surface area (Å²) in [7, 11) is 0. The molecule has 1 heterocycles. The molecule has 0 spiro atoms. The summed E-state index contributed by atoms with van der Waals surface area (Å²) in [6.07, 6.45) is 4.22. The normalized spacial score (nSPS) is 21.6. The van der Waals surface area contributed by atoms with E-state index >= 15 is 0 Å². The highest BCUT2D eigenvalue weighted by Crippen LogP contribution is 2.57. The quantitative estimate of drug-likeness (QED) is 0.284. The Balaban J connectivity index is 2.18. The number of phenols is 2. The zero-order valence-electron chi connectivity index (χ0n) is 17.9. The first-order chi connectivity index (χ1) is 14.1. The molecule has 30 heavy (non-hydrogen) atoms. The summed E-state index contributed by atoms with van der Waals surface area (Å²) in [6, 6.07) is 0. The number of allylic oxidation sites excluding steroid dienone is 4. The van der Waals surface area contributed by atoms with E-state index < -0.39 is 28.5 Å². The van der Waals surface area contributed by atoms with Crippen molar-refractivity contribution in [3.63, 3.8) is 0 Å². The summed E-state index contributed by atoms with van der Waals surface area (Å²) < 4.78 is 5.74. The van der Waals surface area contributed by atoms with Crippen LogP contribution in [0.1, 0.15) is 68.4 Å². The molecule has 3 rings (SSSR count). The first-order valence-corrected chi connectivity index (χ1v) is 10.1. The third kappa shape index (κ3) is 3.00. The van der Waals surface area contributed by atoms with Gasteiger partial charge in [-0.25, -0.2) is 0 Å². The van der Waals surface area contributed by atoms with Crippen molar-refractivity contribution in [2.24, 2.45) is 0 Å². The monoisotopic (exact) mass is 413 g/mol. The van der Waals surface area contributed by atoms with Gasteiger partial charge in [0.2, 0.25) is 0 Å². The van der Waals surface area contributed by atoms with Gasteiger partial charge in [0.25, 0.3) is 0 Å². The molecule has 7 heteroatoms. The summed E-state index contributed by atoms with van der Waals surface area (Å²) in [4.78, 5) is 38.5. The minimum absolute atomic E-state index is 0.00343. The third-order valence-electron chi connectivity index (χ3n) is 5.93. The van der Waals surface area contributed by atoms with Gasteiger partial charge in [-0.1, -0.05) is 19.8 Å². The third-order valence-corrected chi connectivity index (χ3v) is 5.93. The van der Waals surface area contributed by atoms with E-state index in [1.807, 2.05) is 0 Å². The molecule has 1 aliphatic carbocycles. The lowest BCUT2D eigenvalue weighted by atomic mass is 9.70. The fourth-order valence-electron chi connectivity index (χ4n) is 4.10. The lowest BCUT2D eigenvalue weighted by Gasteiger charge is -2.29. The molecule has 0 bridgehead atoms. The van der Waals surface area contributed by atoms with E-state index in [9.17, 15) is 24.6 Å². The number of fused-ring (bicyclic) bond motifs is 3. The first kappa shape index (κ1) is 21.6. The maximum Gasteiger partial charge on any atom is 0.194 e. The van der Waals surface area contributed by atoms with Crippen molar-refractivity contribution in [3.8, 4) is 17.2 Å². The fraction of sp³-hybridized carbons (Fsp3) is 0.435. The van der Waals surface area contributed by atoms with E-state index in [2.05, 4.69) is 12.2 Å². The van der Waals surface area contributed by atoms with Crippen LogP contribution in [0.2, 0.25) is 0 Å². The zero-order valence-corrected chi connectivity index (χ0v) is 17.9. The van der Waals surface area contributed by atoms with Crippen LogP contribution in [0.15, 0.2) is 23.1 Å². The molecule has 0 fully saturated rings. The number of Topliss-reactive ketones (excluding diaryl/α,β-unsaturated/α-hetero) is 2. The molecular weight excluding hydrogens is 386 g/mol. The van der Waals surface area contributed by atoms with Gasteiger partial charge >= 0.3 is 0 Å². The lowest BCUT2D eigenvalue weighted by molar-refractivity contribution is -0.123. The molecule has 1 aliphatic heterocycles. The Morgan fingerprint density at radius 2 is 1.83 bits per heavy atom. The van der Waals surface area contributed by atoms with E-state index in [-0.39, 0.29) is 39.5 Å². The Kier molecular flexibility index (Phi) is 5.50. The Hall–Kier alpha value is -3.09. The second-order valence-corrected chi connectivity index (χ2v) is 8.02. The highest BCUT2D eigenvalue weighted by Gasteiger charge is 2.56. The highest BCUT2D eigenvalue weighted by molar-refractivity contribution is 6.31. The number of hydrogen-bond acceptors (Lipinski definition) is 7. The van der Waals surface area contributed by atoms with E-state index in [1.165, 1.54) is 19.9 Å². The molecule has 1 aromatic carbocycles. The number of phenolic OH excluding ortho intramolecular Hbond substituents is 2. The number of ether oxygens (including phenoxy) is 1. The number of rotatable bonds is 6. The molecule has 160 valence electrons. The molecule has 3 N–H and O–H groups in total. The Morgan fingerprint density at radius 1 is 1.17 bits per heavy atom. The lowest BCUT2D eigenvalue weighted by Crippen LogP contribution is -2.41. The van der Waals surface area contributed by atoms with Gasteiger partial charge in [0.05, 0.1) is 11.1 Å². The van der Waals surface area contributed by atoms with Gasteiger partial charge in [-0.2, -0.15) is 0 Å². The van der Waals surface area contributed by atoms with Gasteiger partial charge in [-0.3, -0.25) is 14.4 Å². The van der Waals surface area contributed by atoms with E-state index in [0.29, 0.717) is 12.2 Å². The summed E-state index contributed by atoms with van der Waals surface area (Å²) in [5.41, 5.74) is -0.941. The van der Waals surface area contributed by atoms with Crippen LogP contribution in [0.4, 0.5) is 0 Å². The maximum atomic E-state index is 13.6. The van der Waals surface area contributed by atoms with Gasteiger partial charge < -0.3 is 20.3 Å². The SMILES string of the molecule is CCCCCN/C(C)=C1\C(=O)C=C2Oc3c(C(C)=O)c(O)c(C)c(O)c3[C@@]2(C)C1=O. The minimum atomic E-state index is -1.47. The number of ketones is 3. The second-order valence-electron chi connectivity index (χ2n) is 8.02. The molecule has 0 saturated carbocycles. The van der Waals surface area contributed by atoms with Gasteiger partial charge in [0.1, 0.15) is 34.0 Å². The molecule has 0 saturated heterocycles. The summed E-state index contributed by atoms with van der Waals surface area (Å²) in [5.74, 6) is -2.24. The molecule has 1 atom stereocenters. The van der Waals surface area contributed by atoms with Gasteiger partial charge in [-0.15, -0.1) is 0 Å². The van der Waals surface area contributed by atoms with E-state index in [0.717, 1.165) is 19.3 Å². The first-order valence-electron chi connectivity index (χ1n) is 10.1. The predicted molar refractivity (Wildman–Crippen MR) is 111 cm³/mol. The average molecular weight is 413 g/mol. The van der Waals surface area contributed by atoms with Crippen LogP contribution in [0.25, 0.3) is 0 Å². The maximum absolute atomic E-state index is 13.6. The van der Waals surface area contributed by atoms with E-state index in [1.54, 1.807) is 13.8 Å². The minimum Gasteiger partial charge on any atom is -0.507 e. The van der Waals surface area contributed by atoms with Crippen LogP contribution in [0.5, 0.6) is 17.2 Å². The van der Waals surface area contributed by atoms with Crippen molar-refractivity contribution in [1.82, 2.24) is 5.32 Å². The average Bonchev–Trinajstić information content (AvgIpc) is 2.96. The topological polar surface area (TPSA) is 113 Å². The number of aromatic hydroxyl groups is 2. The van der Waals surface area contributed by atoms with Gasteiger partial charge in [0.15, 0.2) is 17.3 Å². The molecule has 0 amide bonds. The van der Waals surface area contributed by atoms with Gasteiger partial charge in [0, 0.05) is 23.9 Å². The number of nitrogens with one attached hydrogen (secondary N) is 1. The van der Waals surface area contributed by atoms with Crippen molar-refractivity contribution in [2.45, 2.75) is 59.3 Å². The van der Waals surface area contributed by atoms with Crippen molar-refractivity contribution >= 4 is 17.3 Å². The van der Waals surface area contributed by atoms with Crippen LogP contribution in [-0.4, -0.2) is 34.1 Å². The molecule has 0 aromatic heterocycles. The largest absolute Gasteiger partial charge is 0.507 e. The number of benzene rings is 1. The van der Waals surface area contributed by atoms with Crippen LogP contribution >= 0.6 is 0 Å². The molecule has 0 unspecified atom stereocenters. The molecule has 2 aliphatic rings. The van der Waals surface area contributed by atoms with Crippen LogP contribution in [-0.2, 0) is 15.0 Å². The fourth-order valence-corrected chi connectivity index (χ4v) is 4.10. The molecule has 0 radical (unpaired) electrons. The summed E-state index contributed by atoms with van der Waals surface area (Å²) in [6.45, 7) is 8.68. The molecular formula is C23H27NO6. The summed E-state index contributed by atoms with van der Waals surface area (Å²) >= 11 is 0. The van der Waals surface area contributed by atoms with E-state index in [4.69, 9.17) is 4.74 Å². The molecule has 7 nitrogen and oxygen atoms in total. The Morgan fingerprint density at radius 3 is 2.43 bits per heavy atom. The van der Waals surface area contributed by atoms with Crippen molar-refractivity contribution in [2.75, 3.05) is 6.54 Å². The zero-order chi connectivity index (χ0) is 22.4. The van der Waals surface area contributed by atoms with Gasteiger partial charge in [-0.05, 0) is 34.1 Å². The number of unbranched alkanes of at least 4 members (excludes halogenated alkanes) is 2. The molecule has 1 aromatic rings. The Bertz CT molecular complexity index is 1030. The Labute approximate surface area is 175 Å². The van der Waals surface area contributed by atoms with Crippen molar-refractivity contribution in [1.29, 1.82) is 0 Å².